The van der Waals surface area contributed by atoms with Crippen LogP contribution in [-0.2, 0) is 32.0 Å². The second-order valence-corrected chi connectivity index (χ2v) is 13.5. The fraction of sp³-hybridized carbons (Fsp3) is 0.472. The first-order valence-corrected chi connectivity index (χ1v) is 17.4. The number of benzene rings is 2. The SMILES string of the molecule is O=C(COC(=O)c1ccc(OCC2CC2)c(CN2CCOCC2)c1)O[C@@H](Cc1c(Cl)cncc1Cl)c1ccc(OC(F)F)c(OCC2CC2)c1. The highest BCUT2D eigenvalue weighted by Gasteiger charge is 2.27. The Bertz CT molecular complexity index is 1630. The maximum atomic E-state index is 13.2. The summed E-state index contributed by atoms with van der Waals surface area (Å²) in [5.41, 5.74) is 1.95. The maximum Gasteiger partial charge on any atom is 0.387 e. The first kappa shape index (κ1) is 36.1. The fourth-order valence-corrected chi connectivity index (χ4v) is 5.95. The van der Waals surface area contributed by atoms with Gasteiger partial charge in [0.2, 0.25) is 0 Å². The van der Waals surface area contributed by atoms with Crippen LogP contribution in [0.1, 0.15) is 58.8 Å². The number of carbonyl (C=O) groups excluding carboxylic acids is 2. The quantitative estimate of drug-likeness (QED) is 0.134. The molecule has 2 aromatic carbocycles. The van der Waals surface area contributed by atoms with Gasteiger partial charge in [0, 0.05) is 44.0 Å². The van der Waals surface area contributed by atoms with E-state index in [1.165, 1.54) is 30.6 Å². The highest BCUT2D eigenvalue weighted by Crippen LogP contribution is 2.38. The van der Waals surface area contributed by atoms with Gasteiger partial charge in [-0.25, -0.2) is 9.59 Å². The molecule has 1 aromatic heterocycles. The Morgan fingerprint density at radius 2 is 1.56 bits per heavy atom. The number of nitrogens with zero attached hydrogens (tertiary/aromatic N) is 2. The summed E-state index contributed by atoms with van der Waals surface area (Å²) in [5, 5.41) is 0.482. The topological polar surface area (TPSA) is 106 Å². The molecule has 1 aliphatic heterocycles. The summed E-state index contributed by atoms with van der Waals surface area (Å²) in [7, 11) is 0. The van der Waals surface area contributed by atoms with Crippen molar-refractivity contribution in [1.82, 2.24) is 9.88 Å². The number of morpholine rings is 1. The van der Waals surface area contributed by atoms with Crippen LogP contribution in [0.25, 0.3) is 0 Å². The number of hydrogen-bond acceptors (Lipinski definition) is 10. The Hall–Kier alpha value is -3.71. The molecule has 10 nitrogen and oxygen atoms in total. The number of alkyl halides is 2. The molecular weight excluding hydrogens is 697 g/mol. The molecule has 0 amide bonds. The lowest BCUT2D eigenvalue weighted by Gasteiger charge is -2.27. The molecule has 0 N–H and O–H groups in total. The van der Waals surface area contributed by atoms with Crippen LogP contribution in [0.2, 0.25) is 10.0 Å². The summed E-state index contributed by atoms with van der Waals surface area (Å²) in [6, 6.07) is 9.39. The van der Waals surface area contributed by atoms with E-state index in [0.717, 1.165) is 44.3 Å². The fourth-order valence-electron chi connectivity index (χ4n) is 5.43. The number of aromatic nitrogens is 1. The zero-order valence-electron chi connectivity index (χ0n) is 27.3. The van der Waals surface area contributed by atoms with Crippen LogP contribution in [0.3, 0.4) is 0 Å². The molecule has 1 atom stereocenters. The van der Waals surface area contributed by atoms with Crippen molar-refractivity contribution in [3.05, 3.63) is 81.1 Å². The molecule has 3 fully saturated rings. The van der Waals surface area contributed by atoms with Crippen molar-refractivity contribution in [3.8, 4) is 17.2 Å². The summed E-state index contributed by atoms with van der Waals surface area (Å²) in [6.45, 7) is 0.544. The normalized spacial score (nSPS) is 16.9. The van der Waals surface area contributed by atoms with E-state index >= 15 is 0 Å². The number of pyridine rings is 1. The molecular formula is C36H38Cl2F2N2O8. The lowest BCUT2D eigenvalue weighted by atomic mass is 10.0. The molecule has 2 saturated carbocycles. The Labute approximate surface area is 298 Å². The van der Waals surface area contributed by atoms with Crippen molar-refractivity contribution in [2.24, 2.45) is 11.8 Å². The lowest BCUT2D eigenvalue weighted by Crippen LogP contribution is -2.35. The molecule has 50 heavy (non-hydrogen) atoms. The largest absolute Gasteiger partial charge is 0.493 e. The van der Waals surface area contributed by atoms with Crippen molar-refractivity contribution in [2.45, 2.75) is 51.4 Å². The lowest BCUT2D eigenvalue weighted by molar-refractivity contribution is -0.153. The van der Waals surface area contributed by atoms with Crippen LogP contribution in [0.4, 0.5) is 8.78 Å². The molecule has 268 valence electrons. The van der Waals surface area contributed by atoms with Crippen LogP contribution < -0.4 is 14.2 Å². The Morgan fingerprint density at radius 1 is 0.900 bits per heavy atom. The van der Waals surface area contributed by atoms with Gasteiger partial charge in [0.1, 0.15) is 11.9 Å². The zero-order chi connectivity index (χ0) is 35.0. The van der Waals surface area contributed by atoms with E-state index in [0.29, 0.717) is 61.7 Å². The maximum absolute atomic E-state index is 13.2. The molecule has 2 heterocycles. The summed E-state index contributed by atoms with van der Waals surface area (Å²) in [5.74, 6) is -0.0383. The van der Waals surface area contributed by atoms with E-state index in [9.17, 15) is 18.4 Å². The Balaban J connectivity index is 1.16. The van der Waals surface area contributed by atoms with Gasteiger partial charge in [-0.2, -0.15) is 8.78 Å². The van der Waals surface area contributed by atoms with Crippen LogP contribution in [0.5, 0.6) is 17.2 Å². The van der Waals surface area contributed by atoms with Gasteiger partial charge in [0.15, 0.2) is 18.1 Å². The van der Waals surface area contributed by atoms with Crippen molar-refractivity contribution in [2.75, 3.05) is 46.1 Å². The summed E-state index contributed by atoms with van der Waals surface area (Å²) in [6.07, 6.45) is 6.06. The van der Waals surface area contributed by atoms with E-state index in [1.807, 2.05) is 0 Å². The van der Waals surface area contributed by atoms with E-state index in [-0.39, 0.29) is 33.5 Å². The van der Waals surface area contributed by atoms with Gasteiger partial charge in [-0.05, 0) is 79.0 Å². The number of rotatable bonds is 17. The van der Waals surface area contributed by atoms with Gasteiger partial charge in [-0.15, -0.1) is 0 Å². The third kappa shape index (κ3) is 10.4. The van der Waals surface area contributed by atoms with E-state index in [2.05, 4.69) is 14.6 Å². The first-order chi connectivity index (χ1) is 24.2. The second kappa shape index (κ2) is 17.0. The second-order valence-electron chi connectivity index (χ2n) is 12.6. The van der Waals surface area contributed by atoms with Gasteiger partial charge in [0.05, 0.1) is 42.0 Å². The standard InChI is InChI=1S/C36H38Cl2F2N2O8/c37-28-16-41-17-29(38)27(28)15-32(24-5-8-31(50-36(39)40)33(14-24)47-20-23-3-4-23)49-34(43)21-48-35(44)25-6-7-30(46-19-22-1-2-22)26(13-25)18-42-9-11-45-12-10-42/h5-8,13-14,16-17,22-23,32,36H,1-4,9-12,15,18-21H2/t32-/m0/s1. The minimum atomic E-state index is -3.07. The molecule has 3 aromatic rings. The summed E-state index contributed by atoms with van der Waals surface area (Å²) >= 11 is 12.8. The number of ether oxygens (including phenoxy) is 6. The van der Waals surface area contributed by atoms with Crippen LogP contribution >= 0.6 is 23.2 Å². The minimum Gasteiger partial charge on any atom is -0.493 e. The minimum absolute atomic E-state index is 0.00417. The smallest absolute Gasteiger partial charge is 0.387 e. The molecule has 14 heteroatoms. The molecule has 6 rings (SSSR count). The average molecular weight is 736 g/mol. The zero-order valence-corrected chi connectivity index (χ0v) is 28.8. The Kier molecular flexibility index (Phi) is 12.3. The van der Waals surface area contributed by atoms with Gasteiger partial charge >= 0.3 is 18.6 Å². The number of carbonyl (C=O) groups is 2. The molecule has 0 spiro atoms. The van der Waals surface area contributed by atoms with Crippen LogP contribution in [-0.4, -0.2) is 74.6 Å². The molecule has 3 aliphatic rings. The van der Waals surface area contributed by atoms with Gasteiger partial charge < -0.3 is 28.4 Å². The van der Waals surface area contributed by atoms with Crippen molar-refractivity contribution in [3.63, 3.8) is 0 Å². The van der Waals surface area contributed by atoms with Crippen molar-refractivity contribution >= 4 is 35.1 Å². The highest BCUT2D eigenvalue weighted by atomic mass is 35.5. The van der Waals surface area contributed by atoms with E-state index < -0.39 is 31.3 Å². The van der Waals surface area contributed by atoms with Crippen LogP contribution in [0, 0.1) is 11.8 Å². The predicted octanol–water partition coefficient (Wildman–Crippen LogP) is 7.08. The number of hydrogen-bond donors (Lipinski definition) is 0. The third-order valence-electron chi connectivity index (χ3n) is 8.63. The molecule has 2 aliphatic carbocycles. The van der Waals surface area contributed by atoms with Crippen molar-refractivity contribution < 1.29 is 46.8 Å². The Morgan fingerprint density at radius 3 is 2.22 bits per heavy atom. The first-order valence-electron chi connectivity index (χ1n) is 16.6. The van der Waals surface area contributed by atoms with Gasteiger partial charge in [-0.1, -0.05) is 29.3 Å². The average Bonchev–Trinajstić information content (AvgIpc) is 4.04. The monoisotopic (exact) mass is 734 g/mol. The predicted molar refractivity (Wildman–Crippen MR) is 179 cm³/mol. The molecule has 0 unspecified atom stereocenters. The van der Waals surface area contributed by atoms with E-state index in [1.54, 1.807) is 18.2 Å². The highest BCUT2D eigenvalue weighted by molar-refractivity contribution is 6.35. The third-order valence-corrected chi connectivity index (χ3v) is 9.28. The van der Waals surface area contributed by atoms with Crippen molar-refractivity contribution in [1.29, 1.82) is 0 Å². The summed E-state index contributed by atoms with van der Waals surface area (Å²) < 4.78 is 59.6. The van der Waals surface area contributed by atoms with Gasteiger partial charge in [-0.3, -0.25) is 9.88 Å². The van der Waals surface area contributed by atoms with E-state index in [4.69, 9.17) is 46.9 Å². The summed E-state index contributed by atoms with van der Waals surface area (Å²) in [4.78, 5) is 32.6. The van der Waals surface area contributed by atoms with Crippen LogP contribution in [0.15, 0.2) is 48.8 Å². The molecule has 1 saturated heterocycles. The number of esters is 2. The molecule has 0 radical (unpaired) electrons. The van der Waals surface area contributed by atoms with Gasteiger partial charge in [0.25, 0.3) is 0 Å². The number of halogens is 4. The molecule has 0 bridgehead atoms.